The SMILES string of the molecule is Cc1ccc(NC(=O)CSc2nc(C)nc3ccccc23)c(Br)c1. The molecule has 122 valence electrons. The number of hydrogen-bond donors (Lipinski definition) is 1. The van der Waals surface area contributed by atoms with Crippen LogP contribution in [0.1, 0.15) is 11.4 Å². The summed E-state index contributed by atoms with van der Waals surface area (Å²) in [7, 11) is 0. The van der Waals surface area contributed by atoms with Crippen molar-refractivity contribution in [2.45, 2.75) is 18.9 Å². The molecule has 2 aromatic carbocycles. The van der Waals surface area contributed by atoms with Crippen molar-refractivity contribution in [3.05, 3.63) is 58.3 Å². The summed E-state index contributed by atoms with van der Waals surface area (Å²) >= 11 is 4.89. The third-order valence-electron chi connectivity index (χ3n) is 3.42. The maximum atomic E-state index is 12.2. The van der Waals surface area contributed by atoms with E-state index in [1.807, 2.05) is 56.3 Å². The minimum Gasteiger partial charge on any atom is -0.324 e. The Bertz CT molecular complexity index is 914. The highest BCUT2D eigenvalue weighted by molar-refractivity contribution is 9.10. The second-order valence-electron chi connectivity index (χ2n) is 5.41. The minimum atomic E-state index is -0.0649. The molecular formula is C18H16BrN3OS. The Hall–Kier alpha value is -1.92. The first kappa shape index (κ1) is 16.9. The van der Waals surface area contributed by atoms with Crippen molar-refractivity contribution >= 4 is 50.2 Å². The Morgan fingerprint density at radius 1 is 1.17 bits per heavy atom. The van der Waals surface area contributed by atoms with Crippen molar-refractivity contribution in [3.8, 4) is 0 Å². The Kier molecular flexibility index (Phi) is 5.16. The molecule has 0 saturated carbocycles. The van der Waals surface area contributed by atoms with Gasteiger partial charge in [0.15, 0.2) is 0 Å². The van der Waals surface area contributed by atoms with Crippen LogP contribution in [0.25, 0.3) is 10.9 Å². The molecule has 1 aromatic heterocycles. The number of hydrogen-bond acceptors (Lipinski definition) is 4. The van der Waals surface area contributed by atoms with Gasteiger partial charge in [0, 0.05) is 9.86 Å². The number of aryl methyl sites for hydroxylation is 2. The molecule has 0 saturated heterocycles. The minimum absolute atomic E-state index is 0.0649. The number of para-hydroxylation sites is 1. The van der Waals surface area contributed by atoms with Crippen LogP contribution in [0, 0.1) is 13.8 Å². The zero-order valence-electron chi connectivity index (χ0n) is 13.3. The Labute approximate surface area is 153 Å². The molecule has 1 N–H and O–H groups in total. The number of benzene rings is 2. The van der Waals surface area contributed by atoms with Crippen LogP contribution in [0.3, 0.4) is 0 Å². The number of amides is 1. The van der Waals surface area contributed by atoms with Gasteiger partial charge in [0.05, 0.1) is 17.0 Å². The molecule has 0 bridgehead atoms. The van der Waals surface area contributed by atoms with Gasteiger partial charge in [-0.2, -0.15) is 0 Å². The summed E-state index contributed by atoms with van der Waals surface area (Å²) in [6.45, 7) is 3.87. The lowest BCUT2D eigenvalue weighted by atomic mass is 10.2. The smallest absolute Gasteiger partial charge is 0.234 e. The van der Waals surface area contributed by atoms with Crippen LogP contribution in [0.2, 0.25) is 0 Å². The number of anilines is 1. The van der Waals surface area contributed by atoms with Gasteiger partial charge in [-0.1, -0.05) is 36.0 Å². The molecule has 6 heteroatoms. The van der Waals surface area contributed by atoms with Crippen LogP contribution in [0.5, 0.6) is 0 Å². The highest BCUT2D eigenvalue weighted by Crippen LogP contribution is 2.26. The zero-order valence-corrected chi connectivity index (χ0v) is 15.7. The molecule has 3 aromatic rings. The average molecular weight is 402 g/mol. The van der Waals surface area contributed by atoms with E-state index in [0.29, 0.717) is 11.6 Å². The topological polar surface area (TPSA) is 54.9 Å². The van der Waals surface area contributed by atoms with Crippen molar-refractivity contribution in [3.63, 3.8) is 0 Å². The Morgan fingerprint density at radius 3 is 2.75 bits per heavy atom. The van der Waals surface area contributed by atoms with Crippen molar-refractivity contribution < 1.29 is 4.79 Å². The number of rotatable bonds is 4. The molecule has 0 aliphatic carbocycles. The van der Waals surface area contributed by atoms with Crippen LogP contribution in [-0.4, -0.2) is 21.6 Å². The first-order valence-electron chi connectivity index (χ1n) is 7.45. The van der Waals surface area contributed by atoms with Gasteiger partial charge in [-0.05, 0) is 53.5 Å². The summed E-state index contributed by atoms with van der Waals surface area (Å²) in [6.07, 6.45) is 0. The van der Waals surface area contributed by atoms with Crippen LogP contribution >= 0.6 is 27.7 Å². The van der Waals surface area contributed by atoms with E-state index < -0.39 is 0 Å². The number of carbonyl (C=O) groups is 1. The summed E-state index contributed by atoms with van der Waals surface area (Å²) < 4.78 is 0.879. The van der Waals surface area contributed by atoms with Gasteiger partial charge in [0.2, 0.25) is 5.91 Å². The molecule has 3 rings (SSSR count). The van der Waals surface area contributed by atoms with E-state index in [-0.39, 0.29) is 5.91 Å². The van der Waals surface area contributed by atoms with Gasteiger partial charge in [0.25, 0.3) is 0 Å². The molecule has 0 atom stereocenters. The number of nitrogens with one attached hydrogen (secondary N) is 1. The van der Waals surface area contributed by atoms with Crippen molar-refractivity contribution in [1.29, 1.82) is 0 Å². The summed E-state index contributed by atoms with van der Waals surface area (Å²) in [5.74, 6) is 0.934. The first-order valence-corrected chi connectivity index (χ1v) is 9.23. The van der Waals surface area contributed by atoms with E-state index in [9.17, 15) is 4.79 Å². The molecule has 1 amide bonds. The maximum absolute atomic E-state index is 12.2. The third kappa shape index (κ3) is 3.94. The van der Waals surface area contributed by atoms with Crippen molar-refractivity contribution in [2.24, 2.45) is 0 Å². The van der Waals surface area contributed by atoms with Crippen LogP contribution in [-0.2, 0) is 4.79 Å². The molecule has 0 unspecified atom stereocenters. The second-order valence-corrected chi connectivity index (χ2v) is 7.23. The predicted octanol–water partition coefficient (Wildman–Crippen LogP) is 4.74. The van der Waals surface area contributed by atoms with Crippen LogP contribution < -0.4 is 5.32 Å². The number of halogens is 1. The third-order valence-corrected chi connectivity index (χ3v) is 5.07. The number of aromatic nitrogens is 2. The van der Waals surface area contributed by atoms with Gasteiger partial charge in [0.1, 0.15) is 10.9 Å². The molecule has 4 nitrogen and oxygen atoms in total. The molecule has 1 heterocycles. The molecule has 0 fully saturated rings. The number of nitrogens with zero attached hydrogens (tertiary/aromatic N) is 2. The predicted molar refractivity (Wildman–Crippen MR) is 103 cm³/mol. The number of carbonyl (C=O) groups excluding carboxylic acids is 1. The summed E-state index contributed by atoms with van der Waals surface area (Å²) in [5.41, 5.74) is 2.81. The van der Waals surface area contributed by atoms with E-state index in [1.165, 1.54) is 11.8 Å². The lowest BCUT2D eigenvalue weighted by Crippen LogP contribution is -2.14. The standard InChI is InChI=1S/C18H16BrN3OS/c1-11-7-8-16(14(19)9-11)22-17(23)10-24-18-13-5-3-4-6-15(13)20-12(2)21-18/h3-9H,10H2,1-2H3,(H,22,23). The largest absolute Gasteiger partial charge is 0.324 e. The maximum Gasteiger partial charge on any atom is 0.234 e. The normalized spacial score (nSPS) is 10.8. The quantitative estimate of drug-likeness (QED) is 0.506. The summed E-state index contributed by atoms with van der Waals surface area (Å²) in [5, 5.41) is 4.72. The lowest BCUT2D eigenvalue weighted by molar-refractivity contribution is -0.113. The van der Waals surface area contributed by atoms with Gasteiger partial charge in [-0.25, -0.2) is 9.97 Å². The van der Waals surface area contributed by atoms with Gasteiger partial charge in [-0.15, -0.1) is 0 Å². The average Bonchev–Trinajstić information content (AvgIpc) is 2.55. The molecule has 0 aliphatic heterocycles. The van der Waals surface area contributed by atoms with E-state index in [1.54, 1.807) is 0 Å². The Balaban J connectivity index is 1.73. The number of thioether (sulfide) groups is 1. The number of fused-ring (bicyclic) bond motifs is 1. The van der Waals surface area contributed by atoms with Crippen molar-refractivity contribution in [1.82, 2.24) is 9.97 Å². The van der Waals surface area contributed by atoms with E-state index in [4.69, 9.17) is 0 Å². The fraction of sp³-hybridized carbons (Fsp3) is 0.167. The van der Waals surface area contributed by atoms with Gasteiger partial charge >= 0.3 is 0 Å². The summed E-state index contributed by atoms with van der Waals surface area (Å²) in [4.78, 5) is 21.1. The Morgan fingerprint density at radius 2 is 1.96 bits per heavy atom. The van der Waals surface area contributed by atoms with E-state index in [0.717, 1.165) is 31.7 Å². The van der Waals surface area contributed by atoms with Crippen LogP contribution in [0.15, 0.2) is 52.0 Å². The second kappa shape index (κ2) is 7.32. The highest BCUT2D eigenvalue weighted by atomic mass is 79.9. The summed E-state index contributed by atoms with van der Waals surface area (Å²) in [6, 6.07) is 13.7. The van der Waals surface area contributed by atoms with E-state index in [2.05, 4.69) is 31.2 Å². The molecular weight excluding hydrogens is 386 g/mol. The van der Waals surface area contributed by atoms with E-state index >= 15 is 0 Å². The molecule has 24 heavy (non-hydrogen) atoms. The fourth-order valence-corrected chi connectivity index (χ4v) is 3.77. The molecule has 0 radical (unpaired) electrons. The zero-order chi connectivity index (χ0) is 17.1. The van der Waals surface area contributed by atoms with Crippen molar-refractivity contribution in [2.75, 3.05) is 11.1 Å². The lowest BCUT2D eigenvalue weighted by Gasteiger charge is -2.09. The molecule has 0 spiro atoms. The first-order chi connectivity index (χ1) is 11.5. The monoisotopic (exact) mass is 401 g/mol. The van der Waals surface area contributed by atoms with Gasteiger partial charge < -0.3 is 5.32 Å². The highest BCUT2D eigenvalue weighted by Gasteiger charge is 2.10. The van der Waals surface area contributed by atoms with Gasteiger partial charge in [-0.3, -0.25) is 4.79 Å². The molecule has 0 aliphatic rings. The van der Waals surface area contributed by atoms with Crippen LogP contribution in [0.4, 0.5) is 5.69 Å². The fourth-order valence-electron chi connectivity index (χ4n) is 2.31.